The monoisotopic (exact) mass is 166 g/mol. The highest BCUT2D eigenvalue weighted by atomic mass is 16.5. The van der Waals surface area contributed by atoms with E-state index in [1.54, 1.807) is 7.11 Å². The zero-order valence-electron chi connectivity index (χ0n) is 7.45. The maximum atomic E-state index is 5.51. The lowest BCUT2D eigenvalue weighted by atomic mass is 10.1. The van der Waals surface area contributed by atoms with Crippen LogP contribution in [0, 0.1) is 0 Å². The lowest BCUT2D eigenvalue weighted by molar-refractivity contribution is 0.395. The minimum absolute atomic E-state index is 0.292. The number of nitrogens with zero attached hydrogens (tertiary/aromatic N) is 1. The van der Waals surface area contributed by atoms with E-state index in [-0.39, 0.29) is 0 Å². The molecule has 0 radical (unpaired) electrons. The van der Waals surface area contributed by atoms with Crippen LogP contribution < -0.4 is 10.5 Å². The fourth-order valence-corrected chi connectivity index (χ4v) is 0.940. The second-order valence-electron chi connectivity index (χ2n) is 2.74. The molecule has 1 unspecified atom stereocenters. The molecule has 0 aliphatic heterocycles. The van der Waals surface area contributed by atoms with E-state index in [1.807, 2.05) is 25.1 Å². The predicted octanol–water partition coefficient (Wildman–Crippen LogP) is 1.15. The summed E-state index contributed by atoms with van der Waals surface area (Å²) in [7, 11) is 1.61. The minimum Gasteiger partial charge on any atom is -0.481 e. The van der Waals surface area contributed by atoms with Crippen molar-refractivity contribution in [3.8, 4) is 5.88 Å². The standard InChI is InChI=1S/C9H14N2O/c1-7(6-10)8-4-3-5-9(11-8)12-2/h3-5,7H,6,10H2,1-2H3. The molecule has 1 aromatic heterocycles. The predicted molar refractivity (Wildman–Crippen MR) is 48.3 cm³/mol. The molecular formula is C9H14N2O. The lowest BCUT2D eigenvalue weighted by Gasteiger charge is -2.08. The number of rotatable bonds is 3. The lowest BCUT2D eigenvalue weighted by Crippen LogP contribution is -2.10. The van der Waals surface area contributed by atoms with E-state index < -0.39 is 0 Å². The van der Waals surface area contributed by atoms with E-state index in [4.69, 9.17) is 10.5 Å². The summed E-state index contributed by atoms with van der Waals surface area (Å²) < 4.78 is 5.00. The summed E-state index contributed by atoms with van der Waals surface area (Å²) in [5.74, 6) is 0.938. The van der Waals surface area contributed by atoms with Crippen LogP contribution in [0.1, 0.15) is 18.5 Å². The molecule has 0 aromatic carbocycles. The maximum Gasteiger partial charge on any atom is 0.213 e. The van der Waals surface area contributed by atoms with Crippen molar-refractivity contribution in [3.63, 3.8) is 0 Å². The third-order valence-corrected chi connectivity index (χ3v) is 1.81. The van der Waals surface area contributed by atoms with Gasteiger partial charge in [-0.15, -0.1) is 0 Å². The Morgan fingerprint density at radius 2 is 2.33 bits per heavy atom. The highest BCUT2D eigenvalue weighted by molar-refractivity contribution is 5.18. The SMILES string of the molecule is COc1cccc(C(C)CN)n1. The van der Waals surface area contributed by atoms with Crippen LogP contribution in [0.4, 0.5) is 0 Å². The zero-order valence-corrected chi connectivity index (χ0v) is 7.45. The van der Waals surface area contributed by atoms with E-state index in [0.29, 0.717) is 18.3 Å². The highest BCUT2D eigenvalue weighted by Crippen LogP contribution is 2.14. The molecule has 0 bridgehead atoms. The van der Waals surface area contributed by atoms with Gasteiger partial charge in [0.25, 0.3) is 0 Å². The smallest absolute Gasteiger partial charge is 0.213 e. The first-order valence-corrected chi connectivity index (χ1v) is 3.99. The Labute approximate surface area is 72.6 Å². The van der Waals surface area contributed by atoms with Gasteiger partial charge in [-0.3, -0.25) is 0 Å². The Kier molecular flexibility index (Phi) is 3.05. The van der Waals surface area contributed by atoms with Crippen molar-refractivity contribution >= 4 is 0 Å². The van der Waals surface area contributed by atoms with Crippen LogP contribution >= 0.6 is 0 Å². The first kappa shape index (κ1) is 9.00. The van der Waals surface area contributed by atoms with Crippen molar-refractivity contribution in [2.75, 3.05) is 13.7 Å². The molecular weight excluding hydrogens is 152 g/mol. The summed E-state index contributed by atoms with van der Waals surface area (Å²) in [6, 6.07) is 5.71. The molecule has 3 heteroatoms. The van der Waals surface area contributed by atoms with Crippen LogP contribution in [0.5, 0.6) is 5.88 Å². The van der Waals surface area contributed by atoms with Crippen LogP contribution in [-0.2, 0) is 0 Å². The number of hydrogen-bond acceptors (Lipinski definition) is 3. The molecule has 66 valence electrons. The van der Waals surface area contributed by atoms with Crippen LogP contribution in [-0.4, -0.2) is 18.6 Å². The Morgan fingerprint density at radius 1 is 1.58 bits per heavy atom. The molecule has 0 aliphatic carbocycles. The van der Waals surface area contributed by atoms with E-state index in [0.717, 1.165) is 5.69 Å². The fourth-order valence-electron chi connectivity index (χ4n) is 0.940. The summed E-state index contributed by atoms with van der Waals surface area (Å²) in [6.45, 7) is 2.65. The first-order valence-electron chi connectivity index (χ1n) is 3.99. The molecule has 1 atom stereocenters. The van der Waals surface area contributed by atoms with Gasteiger partial charge in [-0.2, -0.15) is 0 Å². The average molecular weight is 166 g/mol. The van der Waals surface area contributed by atoms with Gasteiger partial charge in [-0.05, 0) is 6.07 Å². The summed E-state index contributed by atoms with van der Waals surface area (Å²) in [5.41, 5.74) is 6.50. The molecule has 0 aliphatic rings. The van der Waals surface area contributed by atoms with E-state index in [1.165, 1.54) is 0 Å². The molecule has 0 amide bonds. The molecule has 3 nitrogen and oxygen atoms in total. The molecule has 2 N–H and O–H groups in total. The van der Waals surface area contributed by atoms with E-state index in [9.17, 15) is 0 Å². The van der Waals surface area contributed by atoms with Crippen LogP contribution in [0.3, 0.4) is 0 Å². The second kappa shape index (κ2) is 4.07. The highest BCUT2D eigenvalue weighted by Gasteiger charge is 2.04. The topological polar surface area (TPSA) is 48.1 Å². The quantitative estimate of drug-likeness (QED) is 0.732. The minimum atomic E-state index is 0.292. The number of pyridine rings is 1. The molecule has 0 fully saturated rings. The van der Waals surface area contributed by atoms with Crippen LogP contribution in [0.15, 0.2) is 18.2 Å². The van der Waals surface area contributed by atoms with Gasteiger partial charge >= 0.3 is 0 Å². The zero-order chi connectivity index (χ0) is 8.97. The largest absolute Gasteiger partial charge is 0.481 e. The third kappa shape index (κ3) is 1.95. The number of nitrogens with two attached hydrogens (primary N) is 1. The normalized spacial score (nSPS) is 12.6. The molecule has 0 saturated carbocycles. The second-order valence-corrected chi connectivity index (χ2v) is 2.74. The number of methoxy groups -OCH3 is 1. The van der Waals surface area contributed by atoms with Crippen molar-refractivity contribution in [2.45, 2.75) is 12.8 Å². The molecule has 1 aromatic rings. The first-order chi connectivity index (χ1) is 5.77. The Balaban J connectivity index is 2.86. The Bertz CT molecular complexity index is 250. The molecule has 1 rings (SSSR count). The van der Waals surface area contributed by atoms with Gasteiger partial charge in [0.2, 0.25) is 5.88 Å². The molecule has 1 heterocycles. The molecule has 0 saturated heterocycles. The van der Waals surface area contributed by atoms with Crippen molar-refractivity contribution in [2.24, 2.45) is 5.73 Å². The van der Waals surface area contributed by atoms with Crippen LogP contribution in [0.2, 0.25) is 0 Å². The Morgan fingerprint density at radius 3 is 2.92 bits per heavy atom. The third-order valence-electron chi connectivity index (χ3n) is 1.81. The number of hydrogen-bond donors (Lipinski definition) is 1. The summed E-state index contributed by atoms with van der Waals surface area (Å²) >= 11 is 0. The van der Waals surface area contributed by atoms with Gasteiger partial charge in [0.1, 0.15) is 0 Å². The maximum absolute atomic E-state index is 5.51. The van der Waals surface area contributed by atoms with E-state index in [2.05, 4.69) is 4.98 Å². The van der Waals surface area contributed by atoms with Gasteiger partial charge in [0.05, 0.1) is 7.11 Å². The molecule has 0 spiro atoms. The number of ether oxygens (including phenoxy) is 1. The van der Waals surface area contributed by atoms with E-state index >= 15 is 0 Å². The average Bonchev–Trinajstić information content (AvgIpc) is 2.17. The summed E-state index contributed by atoms with van der Waals surface area (Å²) in [5, 5.41) is 0. The van der Waals surface area contributed by atoms with Gasteiger partial charge in [-0.1, -0.05) is 13.0 Å². The molecule has 12 heavy (non-hydrogen) atoms. The fraction of sp³-hybridized carbons (Fsp3) is 0.444. The van der Waals surface area contributed by atoms with Gasteiger partial charge < -0.3 is 10.5 Å². The Hall–Kier alpha value is -1.09. The summed E-state index contributed by atoms with van der Waals surface area (Å²) in [4.78, 5) is 4.26. The summed E-state index contributed by atoms with van der Waals surface area (Å²) in [6.07, 6.45) is 0. The number of aromatic nitrogens is 1. The van der Waals surface area contributed by atoms with Gasteiger partial charge in [0, 0.05) is 24.2 Å². The van der Waals surface area contributed by atoms with Crippen molar-refractivity contribution in [3.05, 3.63) is 23.9 Å². The van der Waals surface area contributed by atoms with Crippen molar-refractivity contribution < 1.29 is 4.74 Å². The van der Waals surface area contributed by atoms with Crippen LogP contribution in [0.25, 0.3) is 0 Å². The van der Waals surface area contributed by atoms with Gasteiger partial charge in [0.15, 0.2) is 0 Å². The van der Waals surface area contributed by atoms with Crippen molar-refractivity contribution in [1.82, 2.24) is 4.98 Å². The van der Waals surface area contributed by atoms with Crippen molar-refractivity contribution in [1.29, 1.82) is 0 Å². The van der Waals surface area contributed by atoms with Gasteiger partial charge in [-0.25, -0.2) is 4.98 Å².